The molecule has 1 N–H and O–H groups in total. The molecule has 1 unspecified atom stereocenters. The summed E-state index contributed by atoms with van der Waals surface area (Å²) in [7, 11) is 0. The summed E-state index contributed by atoms with van der Waals surface area (Å²) in [6, 6.07) is 11.6. The fourth-order valence-electron chi connectivity index (χ4n) is 10.7. The van der Waals surface area contributed by atoms with E-state index in [9.17, 15) is 5.11 Å². The van der Waals surface area contributed by atoms with Crippen LogP contribution >= 0.6 is 0 Å². The standard InChI is InChI=1S/C35H49NO2/c1-22-16-32-33(36(20-22)21-25-8-6-5-7-9-25)24(3)35(38-32)15-13-28-29-11-10-26-17-27(37)12-14-34(26,4)31(29)18-30(28)23(2)19-35/h5-9,17,22,24,27-29,31-33,37H,10-16,18-21H2,1-4H3/t22-,24+,27-,28-,29-,31-,32?,33-,34-,35-/m0/s1. The number of likely N-dealkylation sites (tertiary alicyclic amines) is 1. The summed E-state index contributed by atoms with van der Waals surface area (Å²) in [6.45, 7) is 12.2. The summed E-state index contributed by atoms with van der Waals surface area (Å²) in [5.74, 6) is 3.59. The topological polar surface area (TPSA) is 32.7 Å². The van der Waals surface area contributed by atoms with E-state index in [0.29, 0.717) is 29.4 Å². The Balaban J connectivity index is 1.16. The van der Waals surface area contributed by atoms with Crippen molar-refractivity contribution in [1.29, 1.82) is 0 Å². The van der Waals surface area contributed by atoms with Crippen molar-refractivity contribution in [3.8, 4) is 0 Å². The molecule has 6 aliphatic rings. The summed E-state index contributed by atoms with van der Waals surface area (Å²) >= 11 is 0. The quantitative estimate of drug-likeness (QED) is 0.419. The number of piperidine rings is 1. The Labute approximate surface area is 230 Å². The molecule has 4 fully saturated rings. The molecule has 1 aromatic rings. The van der Waals surface area contributed by atoms with Crippen LogP contribution in [0.4, 0.5) is 0 Å². The van der Waals surface area contributed by atoms with Crippen molar-refractivity contribution in [3.63, 3.8) is 0 Å². The van der Waals surface area contributed by atoms with Gasteiger partial charge >= 0.3 is 0 Å². The maximum absolute atomic E-state index is 10.3. The van der Waals surface area contributed by atoms with Gasteiger partial charge in [-0.15, -0.1) is 0 Å². The van der Waals surface area contributed by atoms with Gasteiger partial charge in [0.15, 0.2) is 0 Å². The largest absolute Gasteiger partial charge is 0.389 e. The maximum atomic E-state index is 10.3. The zero-order valence-electron chi connectivity index (χ0n) is 24.2. The number of aliphatic hydroxyl groups excluding tert-OH is 1. The summed E-state index contributed by atoms with van der Waals surface area (Å²) < 4.78 is 7.30. The van der Waals surface area contributed by atoms with Crippen molar-refractivity contribution in [2.45, 2.75) is 116 Å². The molecule has 206 valence electrons. The predicted molar refractivity (Wildman–Crippen MR) is 153 cm³/mol. The number of benzene rings is 1. The van der Waals surface area contributed by atoms with Gasteiger partial charge in [0, 0.05) is 25.0 Å². The van der Waals surface area contributed by atoms with Crippen molar-refractivity contribution in [1.82, 2.24) is 4.90 Å². The summed E-state index contributed by atoms with van der Waals surface area (Å²) in [5, 5.41) is 10.3. The van der Waals surface area contributed by atoms with Crippen molar-refractivity contribution >= 4 is 0 Å². The molecule has 4 aliphatic carbocycles. The van der Waals surface area contributed by atoms with Crippen molar-refractivity contribution in [2.24, 2.45) is 35.0 Å². The van der Waals surface area contributed by atoms with Crippen molar-refractivity contribution in [2.75, 3.05) is 6.54 Å². The third-order valence-electron chi connectivity index (χ3n) is 12.5. The third kappa shape index (κ3) is 3.93. The van der Waals surface area contributed by atoms with Gasteiger partial charge in [-0.2, -0.15) is 0 Å². The first-order chi connectivity index (χ1) is 18.3. The number of ether oxygens (including phenoxy) is 1. The van der Waals surface area contributed by atoms with Crippen molar-refractivity contribution < 1.29 is 9.84 Å². The van der Waals surface area contributed by atoms with E-state index in [2.05, 4.69) is 69.0 Å². The third-order valence-corrected chi connectivity index (χ3v) is 12.5. The first kappa shape index (κ1) is 25.5. The minimum absolute atomic E-state index is 0.00380. The molecule has 10 atom stereocenters. The van der Waals surface area contributed by atoms with Crippen LogP contribution in [0.15, 0.2) is 53.1 Å². The lowest BCUT2D eigenvalue weighted by Crippen LogP contribution is -2.51. The second-order valence-electron chi connectivity index (χ2n) is 14.6. The molecular weight excluding hydrogens is 466 g/mol. The molecule has 0 radical (unpaired) electrons. The molecule has 0 aromatic heterocycles. The lowest BCUT2D eigenvalue weighted by Gasteiger charge is -2.49. The second-order valence-corrected chi connectivity index (χ2v) is 14.6. The van der Waals surface area contributed by atoms with Crippen LogP contribution in [-0.2, 0) is 11.3 Å². The molecule has 0 amide bonds. The zero-order chi connectivity index (χ0) is 26.2. The molecule has 38 heavy (non-hydrogen) atoms. The SMILES string of the molecule is CC1=C2C[C@H]3[C@@H](CCC4=C[C@@H](O)CC[C@@]43C)[C@@H]2CC[C@@]2(C1)OC1C[C@H](C)CN(Cc3ccccc3)[C@H]1[C@H]2C. The minimum atomic E-state index is -0.212. The molecule has 2 saturated carbocycles. The van der Waals surface area contributed by atoms with Crippen LogP contribution in [0.5, 0.6) is 0 Å². The number of rotatable bonds is 2. The van der Waals surface area contributed by atoms with E-state index < -0.39 is 0 Å². The predicted octanol–water partition coefficient (Wildman–Crippen LogP) is 7.30. The van der Waals surface area contributed by atoms with Gasteiger partial charge in [-0.3, -0.25) is 4.90 Å². The van der Waals surface area contributed by atoms with Gasteiger partial charge in [0.05, 0.1) is 17.8 Å². The van der Waals surface area contributed by atoms with Crippen LogP contribution in [0.3, 0.4) is 0 Å². The summed E-state index contributed by atoms with van der Waals surface area (Å²) in [5.41, 5.74) is 6.80. The van der Waals surface area contributed by atoms with Crippen LogP contribution < -0.4 is 0 Å². The molecule has 3 heteroatoms. The number of fused-ring (bicyclic) bond motifs is 6. The molecule has 1 aromatic carbocycles. The monoisotopic (exact) mass is 515 g/mol. The van der Waals surface area contributed by atoms with E-state index in [0.717, 1.165) is 37.1 Å². The van der Waals surface area contributed by atoms with Gasteiger partial charge in [-0.05, 0) is 99.4 Å². The average molecular weight is 516 g/mol. The van der Waals surface area contributed by atoms with Gasteiger partial charge in [0.25, 0.3) is 0 Å². The normalized spacial score (nSPS) is 46.7. The van der Waals surface area contributed by atoms with Gasteiger partial charge < -0.3 is 9.84 Å². The smallest absolute Gasteiger partial charge is 0.0765 e. The number of hydrogen-bond acceptors (Lipinski definition) is 3. The van der Waals surface area contributed by atoms with E-state index in [1.165, 1.54) is 57.1 Å². The number of hydrogen-bond donors (Lipinski definition) is 1. The fourth-order valence-corrected chi connectivity index (χ4v) is 10.7. The van der Waals surface area contributed by atoms with E-state index in [-0.39, 0.29) is 11.7 Å². The Bertz CT molecular complexity index is 1120. The molecular formula is C35H49NO2. The Morgan fingerprint density at radius 2 is 1.89 bits per heavy atom. The van der Waals surface area contributed by atoms with E-state index in [1.54, 1.807) is 11.1 Å². The highest BCUT2D eigenvalue weighted by Gasteiger charge is 2.59. The van der Waals surface area contributed by atoms with Gasteiger partial charge in [-0.1, -0.05) is 73.9 Å². The van der Waals surface area contributed by atoms with Crippen molar-refractivity contribution in [3.05, 3.63) is 58.7 Å². The Kier molecular flexibility index (Phi) is 6.26. The first-order valence-electron chi connectivity index (χ1n) is 15.8. The van der Waals surface area contributed by atoms with Crippen LogP contribution in [0.25, 0.3) is 0 Å². The first-order valence-corrected chi connectivity index (χ1v) is 15.8. The Morgan fingerprint density at radius 1 is 1.08 bits per heavy atom. The highest BCUT2D eigenvalue weighted by molar-refractivity contribution is 5.33. The molecule has 3 nitrogen and oxygen atoms in total. The molecule has 0 bridgehead atoms. The number of aliphatic hydroxyl groups is 1. The van der Waals surface area contributed by atoms with E-state index in [1.807, 2.05) is 5.57 Å². The fraction of sp³-hybridized carbons (Fsp3) is 0.714. The number of allylic oxidation sites excluding steroid dienone is 2. The lowest BCUT2D eigenvalue weighted by atomic mass is 9.56. The highest BCUT2D eigenvalue weighted by atomic mass is 16.5. The van der Waals surface area contributed by atoms with E-state index in [4.69, 9.17) is 4.74 Å². The van der Waals surface area contributed by atoms with Crippen LogP contribution in [0, 0.1) is 35.0 Å². The summed E-state index contributed by atoms with van der Waals surface area (Å²) in [4.78, 5) is 2.78. The molecule has 7 rings (SSSR count). The molecule has 2 saturated heterocycles. The lowest BCUT2D eigenvalue weighted by molar-refractivity contribution is -0.0799. The Morgan fingerprint density at radius 3 is 2.71 bits per heavy atom. The summed E-state index contributed by atoms with van der Waals surface area (Å²) in [6.07, 6.45) is 13.2. The molecule has 2 heterocycles. The number of nitrogens with zero attached hydrogens (tertiary/aromatic N) is 1. The van der Waals surface area contributed by atoms with Crippen LogP contribution in [0.2, 0.25) is 0 Å². The van der Waals surface area contributed by atoms with Gasteiger partial charge in [0.2, 0.25) is 0 Å². The Hall–Kier alpha value is -1.42. The van der Waals surface area contributed by atoms with Crippen LogP contribution in [-0.4, -0.2) is 40.4 Å². The zero-order valence-corrected chi connectivity index (χ0v) is 24.2. The van der Waals surface area contributed by atoms with Crippen LogP contribution in [0.1, 0.15) is 91.0 Å². The highest BCUT2D eigenvalue weighted by Crippen LogP contribution is 2.64. The molecule has 1 spiro atoms. The molecule has 2 aliphatic heterocycles. The van der Waals surface area contributed by atoms with E-state index >= 15 is 0 Å². The second kappa shape index (κ2) is 9.32. The van der Waals surface area contributed by atoms with Gasteiger partial charge in [0.1, 0.15) is 0 Å². The maximum Gasteiger partial charge on any atom is 0.0765 e. The van der Waals surface area contributed by atoms with Gasteiger partial charge in [-0.25, -0.2) is 0 Å². The minimum Gasteiger partial charge on any atom is -0.389 e. The average Bonchev–Trinajstić information content (AvgIpc) is 3.35.